The molecule has 0 radical (unpaired) electrons. The fourth-order valence-electron chi connectivity index (χ4n) is 7.39. The summed E-state index contributed by atoms with van der Waals surface area (Å²) >= 11 is 11.8. The SMILES string of the molecule is O.O.O.O.O=C(CCC[NH+]1CCC(O)(c2ccc(Cl)cc2)CC1)c1ccc(F)cc1.O=C(CCC[NH+]1CCC(O)(c2ccc(Cl)cc2)CC1)c1ccc(F)cc1.O=C([O-])CCC(=O)[O-]. The number of rotatable bonds is 15. The van der Waals surface area contributed by atoms with Crippen molar-refractivity contribution in [1.29, 1.82) is 0 Å². The van der Waals surface area contributed by atoms with E-state index in [1.807, 2.05) is 48.5 Å². The van der Waals surface area contributed by atoms with Crippen LogP contribution in [0.3, 0.4) is 0 Å². The zero-order chi connectivity index (χ0) is 43.7. The minimum atomic E-state index is -1.37. The summed E-state index contributed by atoms with van der Waals surface area (Å²) in [5.41, 5.74) is 1.42. The van der Waals surface area contributed by atoms with Crippen molar-refractivity contribution in [2.24, 2.45) is 0 Å². The molecule has 0 aromatic heterocycles. The number of quaternary nitrogens is 2. The van der Waals surface area contributed by atoms with Gasteiger partial charge in [-0.2, -0.15) is 0 Å². The van der Waals surface area contributed by atoms with Crippen LogP contribution < -0.4 is 20.0 Å². The van der Waals surface area contributed by atoms with E-state index < -0.39 is 36.0 Å². The van der Waals surface area contributed by atoms with Gasteiger partial charge in [-0.25, -0.2) is 8.78 Å². The summed E-state index contributed by atoms with van der Waals surface area (Å²) in [6.07, 6.45) is 4.41. The molecule has 14 nitrogen and oxygen atoms in total. The Labute approximate surface area is 381 Å². The summed E-state index contributed by atoms with van der Waals surface area (Å²) in [5, 5.41) is 42.1. The topological polar surface area (TPSA) is 290 Å². The first-order valence-corrected chi connectivity index (χ1v) is 20.9. The minimum absolute atomic E-state index is 0. The van der Waals surface area contributed by atoms with Crippen LogP contribution in [0.1, 0.15) is 96.1 Å². The summed E-state index contributed by atoms with van der Waals surface area (Å²) < 4.78 is 25.8. The molecule has 0 spiro atoms. The second-order valence-electron chi connectivity index (χ2n) is 15.4. The van der Waals surface area contributed by atoms with Crippen LogP contribution in [0, 0.1) is 11.6 Å². The third-order valence-electron chi connectivity index (χ3n) is 11.1. The first kappa shape index (κ1) is 59.3. The highest BCUT2D eigenvalue weighted by molar-refractivity contribution is 6.30. The van der Waals surface area contributed by atoms with Crippen molar-refractivity contribution < 1.29 is 80.1 Å². The van der Waals surface area contributed by atoms with E-state index in [2.05, 4.69) is 0 Å². The number of benzene rings is 4. The maximum Gasteiger partial charge on any atom is 0.163 e. The lowest BCUT2D eigenvalue weighted by atomic mass is 9.84. The van der Waals surface area contributed by atoms with Crippen LogP contribution in [0.15, 0.2) is 97.1 Å². The quantitative estimate of drug-likeness (QED) is 0.117. The van der Waals surface area contributed by atoms with Crippen LogP contribution in [0.5, 0.6) is 0 Å². The number of carboxylic acid groups (broad SMARTS) is 2. The van der Waals surface area contributed by atoms with E-state index in [1.54, 1.807) is 0 Å². The van der Waals surface area contributed by atoms with Gasteiger partial charge in [-0.1, -0.05) is 47.5 Å². The van der Waals surface area contributed by atoms with Crippen molar-refractivity contribution in [1.82, 2.24) is 0 Å². The number of hydrogen-bond acceptors (Lipinski definition) is 8. The Morgan fingerprint density at radius 3 is 1.05 bits per heavy atom. The number of halogens is 4. The number of carboxylic acids is 2. The molecule has 4 aromatic carbocycles. The van der Waals surface area contributed by atoms with Crippen LogP contribution in [0.2, 0.25) is 10.0 Å². The normalized spacial score (nSPS) is 19.7. The average molecular weight is 942 g/mol. The van der Waals surface area contributed by atoms with E-state index in [0.29, 0.717) is 59.7 Å². The number of carbonyl (C=O) groups is 4. The zero-order valence-electron chi connectivity index (χ0n) is 35.4. The fourth-order valence-corrected chi connectivity index (χ4v) is 7.65. The largest absolute Gasteiger partial charge is 0.550 e. The maximum absolute atomic E-state index is 12.9. The molecule has 0 amide bonds. The van der Waals surface area contributed by atoms with E-state index in [9.17, 15) is 48.4 Å². The lowest BCUT2D eigenvalue weighted by molar-refractivity contribution is -0.908. The summed E-state index contributed by atoms with van der Waals surface area (Å²) in [7, 11) is 0. The van der Waals surface area contributed by atoms with E-state index in [-0.39, 0.29) is 45.1 Å². The van der Waals surface area contributed by atoms with Crippen molar-refractivity contribution in [2.45, 2.75) is 75.4 Å². The number of ketones is 2. The summed E-state index contributed by atoms with van der Waals surface area (Å²) in [6, 6.07) is 26.3. The molecule has 0 saturated carbocycles. The Kier molecular flexibility index (Phi) is 26.8. The predicted octanol–water partition coefficient (Wildman–Crippen LogP) is -0.0154. The molecule has 0 unspecified atom stereocenters. The van der Waals surface area contributed by atoms with Crippen LogP contribution in [0.25, 0.3) is 0 Å². The zero-order valence-corrected chi connectivity index (χ0v) is 36.9. The lowest BCUT2D eigenvalue weighted by Crippen LogP contribution is -3.13. The second-order valence-corrected chi connectivity index (χ2v) is 16.3. The van der Waals surface area contributed by atoms with Gasteiger partial charge in [0.1, 0.15) is 22.8 Å². The molecule has 0 aliphatic carbocycles. The third-order valence-corrected chi connectivity index (χ3v) is 11.6. The number of Topliss-reactive ketones (excluding diaryl/α,β-unsaturated/α-hetero) is 2. The van der Waals surface area contributed by atoms with E-state index >= 15 is 0 Å². The Bertz CT molecular complexity index is 1850. The molecule has 2 heterocycles. The standard InChI is InChI=1S/2C21H23ClFNO2.C4H6O4.4H2O/c2*22-18-7-5-17(6-8-18)21(26)11-14-24(15-12-21)13-1-2-20(25)16-3-9-19(23)10-4-16;5-3(6)1-2-4(7)8;;;;/h2*3-10,26H,1-2,11-15H2;1-2H2,(H,5,6)(H,7,8);4*1H2. The van der Waals surface area contributed by atoms with E-state index in [4.69, 9.17) is 23.2 Å². The molecule has 64 heavy (non-hydrogen) atoms. The predicted molar refractivity (Wildman–Crippen MR) is 234 cm³/mol. The van der Waals surface area contributed by atoms with Gasteiger partial charge in [0.2, 0.25) is 0 Å². The van der Waals surface area contributed by atoms with Gasteiger partial charge in [-0.05, 0) is 96.8 Å². The highest BCUT2D eigenvalue weighted by atomic mass is 35.5. The van der Waals surface area contributed by atoms with Crippen LogP contribution in [-0.4, -0.2) is 94.9 Å². The molecule has 4 aromatic rings. The average Bonchev–Trinajstić information content (AvgIpc) is 3.23. The molecule has 6 rings (SSSR count). The van der Waals surface area contributed by atoms with Gasteiger partial charge < -0.3 is 61.7 Å². The Morgan fingerprint density at radius 2 is 0.781 bits per heavy atom. The van der Waals surface area contributed by atoms with Crippen molar-refractivity contribution in [2.75, 3.05) is 39.3 Å². The monoisotopic (exact) mass is 940 g/mol. The number of piperidine rings is 2. The van der Waals surface area contributed by atoms with E-state index in [1.165, 1.54) is 58.3 Å². The molecule has 12 N–H and O–H groups in total. The molecule has 354 valence electrons. The summed E-state index contributed by atoms with van der Waals surface area (Å²) in [4.78, 5) is 46.1. The van der Waals surface area contributed by atoms with Crippen molar-refractivity contribution in [3.63, 3.8) is 0 Å². The van der Waals surface area contributed by atoms with Gasteiger partial charge in [0.25, 0.3) is 0 Å². The molecule has 0 bridgehead atoms. The Hall–Kier alpha value is -4.72. The molecule has 18 heteroatoms. The number of hydrogen-bond donors (Lipinski definition) is 4. The highest BCUT2D eigenvalue weighted by Gasteiger charge is 2.37. The van der Waals surface area contributed by atoms with Gasteiger partial charge in [-0.3, -0.25) is 9.59 Å². The number of likely N-dealkylation sites (tertiary alicyclic amines) is 2. The molecular formula is C46H60Cl2F2N2O12. The number of nitrogens with one attached hydrogen (secondary N) is 2. The second kappa shape index (κ2) is 28.9. The molecule has 2 saturated heterocycles. The molecule has 2 fully saturated rings. The molecular weight excluding hydrogens is 881 g/mol. The van der Waals surface area contributed by atoms with Gasteiger partial charge in [-0.15, -0.1) is 0 Å². The minimum Gasteiger partial charge on any atom is -0.550 e. The number of carbonyl (C=O) groups excluding carboxylic acids is 4. The first-order valence-electron chi connectivity index (χ1n) is 20.2. The Balaban J connectivity index is 0.00000101. The van der Waals surface area contributed by atoms with Crippen LogP contribution in [0.4, 0.5) is 8.78 Å². The lowest BCUT2D eigenvalue weighted by Gasteiger charge is -2.36. The maximum atomic E-state index is 12.9. The summed E-state index contributed by atoms with van der Waals surface area (Å²) in [6.45, 7) is 5.33. The highest BCUT2D eigenvalue weighted by Crippen LogP contribution is 2.31. The fraction of sp³-hybridized carbons (Fsp3) is 0.391. The van der Waals surface area contributed by atoms with Crippen molar-refractivity contribution >= 4 is 46.7 Å². The molecule has 0 atom stereocenters. The first-order chi connectivity index (χ1) is 28.5. The van der Waals surface area contributed by atoms with Crippen molar-refractivity contribution in [3.8, 4) is 0 Å². The van der Waals surface area contributed by atoms with E-state index in [0.717, 1.165) is 63.2 Å². The summed E-state index contributed by atoms with van der Waals surface area (Å²) in [5.74, 6) is -3.28. The van der Waals surface area contributed by atoms with Crippen LogP contribution >= 0.6 is 23.2 Å². The molecule has 2 aliphatic rings. The third kappa shape index (κ3) is 19.6. The smallest absolute Gasteiger partial charge is 0.163 e. The number of aliphatic hydroxyl groups is 2. The van der Waals surface area contributed by atoms with Crippen molar-refractivity contribution in [3.05, 3.63) is 141 Å². The van der Waals surface area contributed by atoms with Gasteiger partial charge >= 0.3 is 0 Å². The van der Waals surface area contributed by atoms with Gasteiger partial charge in [0.15, 0.2) is 11.6 Å². The molecule has 2 aliphatic heterocycles. The Morgan fingerprint density at radius 1 is 0.500 bits per heavy atom. The van der Waals surface area contributed by atoms with Gasteiger partial charge in [0, 0.05) is 84.5 Å². The number of aliphatic carboxylic acids is 2. The van der Waals surface area contributed by atoms with Gasteiger partial charge in [0.05, 0.1) is 39.3 Å². The van der Waals surface area contributed by atoms with Crippen LogP contribution in [-0.2, 0) is 20.8 Å².